The molecule has 7 heteroatoms. The summed E-state index contributed by atoms with van der Waals surface area (Å²) < 4.78 is 3.20. The summed E-state index contributed by atoms with van der Waals surface area (Å²) in [6.45, 7) is 3.27. The fourth-order valence-corrected chi connectivity index (χ4v) is 4.41. The number of imidazole rings is 1. The fraction of sp³-hybridized carbons (Fsp3) is 0.550. The van der Waals surface area contributed by atoms with E-state index in [-0.39, 0.29) is 23.9 Å². The molecule has 2 aromatic rings. The zero-order valence-corrected chi connectivity index (χ0v) is 15.7. The Kier molecular flexibility index (Phi) is 4.86. The zero-order valence-electron chi connectivity index (χ0n) is 15.7. The van der Waals surface area contributed by atoms with Gasteiger partial charge in [-0.25, -0.2) is 4.79 Å². The van der Waals surface area contributed by atoms with Crippen LogP contribution in [0.4, 0.5) is 0 Å². The Morgan fingerprint density at radius 1 is 1.11 bits per heavy atom. The van der Waals surface area contributed by atoms with Gasteiger partial charge in [0.05, 0.1) is 11.0 Å². The molecule has 2 aliphatic rings. The highest BCUT2D eigenvalue weighted by molar-refractivity contribution is 6.00. The molecule has 0 spiro atoms. The molecule has 1 N–H and O–H groups in total. The minimum atomic E-state index is -0.628. The number of carbonyl (C=O) groups is 2. The third-order valence-corrected chi connectivity index (χ3v) is 5.85. The third kappa shape index (κ3) is 3.32. The van der Waals surface area contributed by atoms with E-state index in [1.807, 2.05) is 12.1 Å². The highest BCUT2D eigenvalue weighted by Gasteiger charge is 2.31. The summed E-state index contributed by atoms with van der Waals surface area (Å²) in [6, 6.07) is 5.29. The summed E-state index contributed by atoms with van der Waals surface area (Å²) in [5.74, 6) is -0.661. The standard InChI is InChI=1S/C20H26N4O3/c1-22-18-14(10-13-23-11-3-2-4-12-23)6-5-7-15(18)24(20(22)27)16-8-9-17(25)21-19(16)26/h5-7,16H,2-4,8-13H2,1H3,(H,21,25,26). The van der Waals surface area contributed by atoms with E-state index in [2.05, 4.69) is 16.3 Å². The zero-order chi connectivity index (χ0) is 19.0. The molecule has 7 nitrogen and oxygen atoms in total. The topological polar surface area (TPSA) is 76.3 Å². The van der Waals surface area contributed by atoms with E-state index in [9.17, 15) is 14.4 Å². The lowest BCUT2D eigenvalue weighted by Crippen LogP contribution is -2.44. The van der Waals surface area contributed by atoms with Crippen LogP contribution < -0.4 is 11.0 Å². The molecule has 4 rings (SSSR count). The van der Waals surface area contributed by atoms with Gasteiger partial charge in [0.2, 0.25) is 11.8 Å². The number of benzene rings is 1. The Morgan fingerprint density at radius 2 is 1.89 bits per heavy atom. The van der Waals surface area contributed by atoms with E-state index < -0.39 is 6.04 Å². The number of likely N-dealkylation sites (tertiary alicyclic amines) is 1. The van der Waals surface area contributed by atoms with Crippen LogP contribution in [-0.2, 0) is 23.1 Å². The van der Waals surface area contributed by atoms with Crippen LogP contribution in [0, 0.1) is 0 Å². The summed E-state index contributed by atoms with van der Waals surface area (Å²) in [4.78, 5) is 39.2. The van der Waals surface area contributed by atoms with Crippen molar-refractivity contribution in [1.82, 2.24) is 19.4 Å². The minimum Gasteiger partial charge on any atom is -0.303 e. The molecule has 144 valence electrons. The van der Waals surface area contributed by atoms with E-state index in [1.165, 1.54) is 19.3 Å². The van der Waals surface area contributed by atoms with E-state index in [4.69, 9.17) is 0 Å². The van der Waals surface area contributed by atoms with Crippen molar-refractivity contribution in [2.45, 2.75) is 44.6 Å². The number of rotatable bonds is 4. The number of amides is 2. The number of carbonyl (C=O) groups excluding carboxylic acids is 2. The maximum absolute atomic E-state index is 12.9. The monoisotopic (exact) mass is 370 g/mol. The summed E-state index contributed by atoms with van der Waals surface area (Å²) >= 11 is 0. The second-order valence-corrected chi connectivity index (χ2v) is 7.62. The largest absolute Gasteiger partial charge is 0.329 e. The smallest absolute Gasteiger partial charge is 0.303 e. The SMILES string of the molecule is Cn1c(=O)n(C2CCC(=O)NC2=O)c2cccc(CCN3CCCCC3)c21. The second kappa shape index (κ2) is 7.31. The third-order valence-electron chi connectivity index (χ3n) is 5.85. The highest BCUT2D eigenvalue weighted by Crippen LogP contribution is 2.25. The first-order chi connectivity index (χ1) is 13.1. The van der Waals surface area contributed by atoms with Crippen LogP contribution in [0.3, 0.4) is 0 Å². The van der Waals surface area contributed by atoms with Crippen molar-refractivity contribution in [3.63, 3.8) is 0 Å². The van der Waals surface area contributed by atoms with Gasteiger partial charge in [0.15, 0.2) is 0 Å². The minimum absolute atomic E-state index is 0.204. The van der Waals surface area contributed by atoms with Gasteiger partial charge in [-0.15, -0.1) is 0 Å². The molecule has 0 saturated carbocycles. The lowest BCUT2D eigenvalue weighted by molar-refractivity contribution is -0.135. The van der Waals surface area contributed by atoms with Crippen LogP contribution in [0.15, 0.2) is 23.0 Å². The average Bonchev–Trinajstić information content (AvgIpc) is 2.93. The van der Waals surface area contributed by atoms with E-state index >= 15 is 0 Å². The number of fused-ring (bicyclic) bond motifs is 1. The Morgan fingerprint density at radius 3 is 2.63 bits per heavy atom. The summed E-state index contributed by atoms with van der Waals surface area (Å²) in [6.07, 6.45) is 5.33. The first-order valence-corrected chi connectivity index (χ1v) is 9.81. The number of aromatic nitrogens is 2. The molecule has 1 aromatic heterocycles. The van der Waals surface area contributed by atoms with Gasteiger partial charge in [-0.2, -0.15) is 0 Å². The molecular formula is C20H26N4O3. The van der Waals surface area contributed by atoms with Crippen molar-refractivity contribution in [3.8, 4) is 0 Å². The van der Waals surface area contributed by atoms with Crippen LogP contribution in [0.5, 0.6) is 0 Å². The molecule has 2 aliphatic heterocycles. The van der Waals surface area contributed by atoms with Gasteiger partial charge < -0.3 is 4.90 Å². The predicted molar refractivity (Wildman–Crippen MR) is 103 cm³/mol. The molecule has 27 heavy (non-hydrogen) atoms. The summed E-state index contributed by atoms with van der Waals surface area (Å²) in [7, 11) is 1.76. The van der Waals surface area contributed by atoms with Crippen LogP contribution in [0.2, 0.25) is 0 Å². The molecule has 3 heterocycles. The molecule has 1 aromatic carbocycles. The number of imide groups is 1. The number of para-hydroxylation sites is 1. The summed E-state index contributed by atoms with van der Waals surface area (Å²) in [5, 5.41) is 2.36. The van der Waals surface area contributed by atoms with Crippen molar-refractivity contribution >= 4 is 22.8 Å². The number of nitrogens with zero attached hydrogens (tertiary/aromatic N) is 3. The maximum atomic E-state index is 12.9. The van der Waals surface area contributed by atoms with Gasteiger partial charge in [0, 0.05) is 20.0 Å². The maximum Gasteiger partial charge on any atom is 0.329 e. The van der Waals surface area contributed by atoms with Gasteiger partial charge >= 0.3 is 5.69 Å². The van der Waals surface area contributed by atoms with E-state index in [1.54, 1.807) is 16.2 Å². The Balaban J connectivity index is 1.68. The summed E-state index contributed by atoms with van der Waals surface area (Å²) in [5.41, 5.74) is 2.59. The number of piperidine rings is 2. The first kappa shape index (κ1) is 18.0. The van der Waals surface area contributed by atoms with Gasteiger partial charge in [0.25, 0.3) is 0 Å². The number of aryl methyl sites for hydroxylation is 1. The van der Waals surface area contributed by atoms with Crippen LogP contribution in [0.25, 0.3) is 11.0 Å². The second-order valence-electron chi connectivity index (χ2n) is 7.62. The number of nitrogens with one attached hydrogen (secondary N) is 1. The van der Waals surface area contributed by atoms with Crippen molar-refractivity contribution in [3.05, 3.63) is 34.2 Å². The van der Waals surface area contributed by atoms with Crippen LogP contribution in [0.1, 0.15) is 43.7 Å². The molecule has 2 amide bonds. The predicted octanol–water partition coefficient (Wildman–Crippen LogP) is 1.35. The van der Waals surface area contributed by atoms with Gasteiger partial charge in [0.1, 0.15) is 6.04 Å². The quantitative estimate of drug-likeness (QED) is 0.824. The lowest BCUT2D eigenvalue weighted by atomic mass is 10.0. The van der Waals surface area contributed by atoms with Crippen molar-refractivity contribution in [2.24, 2.45) is 7.05 Å². The van der Waals surface area contributed by atoms with E-state index in [0.29, 0.717) is 6.42 Å². The molecule has 1 unspecified atom stereocenters. The number of hydrogen-bond donors (Lipinski definition) is 1. The van der Waals surface area contributed by atoms with Gasteiger partial charge in [-0.1, -0.05) is 18.6 Å². The van der Waals surface area contributed by atoms with Crippen molar-refractivity contribution < 1.29 is 9.59 Å². The molecule has 1 atom stereocenters. The molecule has 2 saturated heterocycles. The van der Waals surface area contributed by atoms with Gasteiger partial charge in [-0.3, -0.25) is 24.0 Å². The fourth-order valence-electron chi connectivity index (χ4n) is 4.41. The van der Waals surface area contributed by atoms with Crippen LogP contribution in [-0.4, -0.2) is 45.5 Å². The molecule has 0 radical (unpaired) electrons. The first-order valence-electron chi connectivity index (χ1n) is 9.81. The Bertz CT molecular complexity index is 937. The molecule has 0 bridgehead atoms. The van der Waals surface area contributed by atoms with Gasteiger partial charge in [-0.05, 0) is 50.4 Å². The number of hydrogen-bond acceptors (Lipinski definition) is 4. The Hall–Kier alpha value is -2.41. The molecular weight excluding hydrogens is 344 g/mol. The normalized spacial score (nSPS) is 21.6. The van der Waals surface area contributed by atoms with Crippen molar-refractivity contribution in [1.29, 1.82) is 0 Å². The lowest BCUT2D eigenvalue weighted by Gasteiger charge is -2.26. The molecule has 2 fully saturated rings. The van der Waals surface area contributed by atoms with Crippen LogP contribution >= 0.6 is 0 Å². The average molecular weight is 370 g/mol. The molecule has 0 aliphatic carbocycles. The van der Waals surface area contributed by atoms with E-state index in [0.717, 1.165) is 42.7 Å². The van der Waals surface area contributed by atoms with Crippen molar-refractivity contribution in [2.75, 3.05) is 19.6 Å². The Labute approximate surface area is 157 Å². The highest BCUT2D eigenvalue weighted by atomic mass is 16.2.